The number of amides is 1. The van der Waals surface area contributed by atoms with Crippen LogP contribution < -0.4 is 4.90 Å². The number of anilines is 1. The van der Waals surface area contributed by atoms with Crippen molar-refractivity contribution < 1.29 is 13.9 Å². The molecule has 0 aliphatic rings. The molecule has 0 unspecified atom stereocenters. The molecule has 0 saturated carbocycles. The fourth-order valence-electron chi connectivity index (χ4n) is 1.29. The number of ether oxygens (including phenoxy) is 1. The second-order valence-corrected chi connectivity index (χ2v) is 4.75. The summed E-state index contributed by atoms with van der Waals surface area (Å²) in [5.41, 5.74) is -0.104. The van der Waals surface area contributed by atoms with Gasteiger partial charge >= 0.3 is 6.09 Å². The van der Waals surface area contributed by atoms with Crippen molar-refractivity contribution in [3.8, 4) is 12.3 Å². The molecule has 18 heavy (non-hydrogen) atoms. The van der Waals surface area contributed by atoms with Gasteiger partial charge in [0.2, 0.25) is 0 Å². The molecule has 0 atom stereocenters. The lowest BCUT2D eigenvalue weighted by molar-refractivity contribution is 0.0585. The maximum absolute atomic E-state index is 12.8. The maximum atomic E-state index is 12.8. The van der Waals surface area contributed by atoms with E-state index in [1.165, 1.54) is 29.2 Å². The summed E-state index contributed by atoms with van der Waals surface area (Å²) in [6, 6.07) is 5.50. The Balaban J connectivity index is 2.93. The third kappa shape index (κ3) is 4.10. The van der Waals surface area contributed by atoms with Gasteiger partial charge < -0.3 is 4.74 Å². The van der Waals surface area contributed by atoms with E-state index < -0.39 is 11.7 Å². The molecule has 4 heteroatoms. The molecule has 0 bridgehead atoms. The number of carbonyl (C=O) groups is 1. The zero-order valence-electron chi connectivity index (χ0n) is 10.7. The Morgan fingerprint density at radius 1 is 1.39 bits per heavy atom. The van der Waals surface area contributed by atoms with E-state index in [1.54, 1.807) is 20.8 Å². The molecule has 0 fully saturated rings. The average molecular weight is 249 g/mol. The Kier molecular flexibility index (Phi) is 4.33. The largest absolute Gasteiger partial charge is 0.443 e. The van der Waals surface area contributed by atoms with Crippen LogP contribution in [0.2, 0.25) is 0 Å². The Bertz CT molecular complexity index is 454. The highest BCUT2D eigenvalue weighted by Crippen LogP contribution is 2.18. The second-order valence-electron chi connectivity index (χ2n) is 4.75. The minimum atomic E-state index is -0.607. The maximum Gasteiger partial charge on any atom is 0.415 e. The molecule has 0 aliphatic heterocycles. The van der Waals surface area contributed by atoms with E-state index >= 15 is 0 Å². The third-order valence-corrected chi connectivity index (χ3v) is 2.00. The van der Waals surface area contributed by atoms with Gasteiger partial charge in [0.1, 0.15) is 11.4 Å². The van der Waals surface area contributed by atoms with Crippen molar-refractivity contribution in [3.63, 3.8) is 0 Å². The molecule has 0 aromatic heterocycles. The van der Waals surface area contributed by atoms with Crippen molar-refractivity contribution in [2.75, 3.05) is 11.4 Å². The van der Waals surface area contributed by atoms with Gasteiger partial charge in [-0.1, -0.05) is 5.92 Å². The van der Waals surface area contributed by atoms with Crippen molar-refractivity contribution in [1.82, 2.24) is 0 Å². The Morgan fingerprint density at radius 3 is 2.39 bits per heavy atom. The molecule has 3 nitrogen and oxygen atoms in total. The van der Waals surface area contributed by atoms with Crippen LogP contribution in [-0.4, -0.2) is 18.2 Å². The molecule has 0 N–H and O–H groups in total. The molecular weight excluding hydrogens is 233 g/mol. The summed E-state index contributed by atoms with van der Waals surface area (Å²) in [4.78, 5) is 13.2. The van der Waals surface area contributed by atoms with Crippen LogP contribution >= 0.6 is 0 Å². The monoisotopic (exact) mass is 249 g/mol. The standard InChI is InChI=1S/C14H16FNO2/c1-5-10-16(13(17)18-14(2,3)4)12-8-6-11(15)7-9-12/h1,6-9H,10H2,2-4H3. The fourth-order valence-corrected chi connectivity index (χ4v) is 1.29. The number of hydrogen-bond acceptors (Lipinski definition) is 2. The molecule has 1 amide bonds. The van der Waals surface area contributed by atoms with E-state index in [9.17, 15) is 9.18 Å². The average Bonchev–Trinajstić information content (AvgIpc) is 2.25. The summed E-state index contributed by atoms with van der Waals surface area (Å²) < 4.78 is 18.1. The highest BCUT2D eigenvalue weighted by atomic mass is 19.1. The fraction of sp³-hybridized carbons (Fsp3) is 0.357. The van der Waals surface area contributed by atoms with Crippen molar-refractivity contribution in [2.45, 2.75) is 26.4 Å². The van der Waals surface area contributed by atoms with Crippen LogP contribution in [-0.2, 0) is 4.74 Å². The lowest BCUT2D eigenvalue weighted by Gasteiger charge is -2.26. The van der Waals surface area contributed by atoms with Gasteiger partial charge in [0.25, 0.3) is 0 Å². The number of terminal acetylenes is 1. The van der Waals surface area contributed by atoms with Crippen molar-refractivity contribution >= 4 is 11.8 Å². The third-order valence-electron chi connectivity index (χ3n) is 2.00. The molecule has 0 heterocycles. The molecule has 0 saturated heterocycles. The lowest BCUT2D eigenvalue weighted by Crippen LogP contribution is -2.37. The minimum Gasteiger partial charge on any atom is -0.443 e. The normalized spacial score (nSPS) is 10.6. The van der Waals surface area contributed by atoms with Gasteiger partial charge in [-0.25, -0.2) is 9.18 Å². The van der Waals surface area contributed by atoms with Crippen LogP contribution in [0.3, 0.4) is 0 Å². The van der Waals surface area contributed by atoms with Crippen molar-refractivity contribution in [1.29, 1.82) is 0 Å². The number of rotatable bonds is 2. The number of halogens is 1. The van der Waals surface area contributed by atoms with Crippen LogP contribution in [0.1, 0.15) is 20.8 Å². The van der Waals surface area contributed by atoms with Gasteiger partial charge in [-0.2, -0.15) is 0 Å². The number of carbonyl (C=O) groups excluding carboxylic acids is 1. The van der Waals surface area contributed by atoms with Gasteiger partial charge in [-0.3, -0.25) is 4.90 Å². The number of benzene rings is 1. The van der Waals surface area contributed by atoms with Gasteiger partial charge in [0.15, 0.2) is 0 Å². The van der Waals surface area contributed by atoms with Gasteiger partial charge in [0.05, 0.1) is 6.54 Å². The Morgan fingerprint density at radius 2 is 1.94 bits per heavy atom. The van der Waals surface area contributed by atoms with Gasteiger partial charge in [0, 0.05) is 5.69 Å². The topological polar surface area (TPSA) is 29.5 Å². The molecule has 0 radical (unpaired) electrons. The van der Waals surface area contributed by atoms with Crippen LogP contribution in [0.5, 0.6) is 0 Å². The summed E-state index contributed by atoms with van der Waals surface area (Å²) in [5.74, 6) is 2.01. The Labute approximate surface area is 107 Å². The van der Waals surface area contributed by atoms with E-state index in [0.29, 0.717) is 5.69 Å². The quantitative estimate of drug-likeness (QED) is 0.753. The highest BCUT2D eigenvalue weighted by Gasteiger charge is 2.22. The first-order chi connectivity index (χ1) is 8.33. The summed E-state index contributed by atoms with van der Waals surface area (Å²) in [6.45, 7) is 5.37. The summed E-state index contributed by atoms with van der Waals surface area (Å²) in [6.07, 6.45) is 4.68. The van der Waals surface area contributed by atoms with E-state index in [0.717, 1.165) is 0 Å². The zero-order chi connectivity index (χ0) is 13.8. The predicted octanol–water partition coefficient (Wildman–Crippen LogP) is 3.20. The van der Waals surface area contributed by atoms with Crippen LogP contribution in [0.25, 0.3) is 0 Å². The van der Waals surface area contributed by atoms with Crippen molar-refractivity contribution in [3.05, 3.63) is 30.1 Å². The molecule has 0 spiro atoms. The molecule has 1 aromatic rings. The molecular formula is C14H16FNO2. The number of hydrogen-bond donors (Lipinski definition) is 0. The zero-order valence-corrected chi connectivity index (χ0v) is 10.7. The van der Waals surface area contributed by atoms with E-state index in [2.05, 4.69) is 5.92 Å². The molecule has 96 valence electrons. The van der Waals surface area contributed by atoms with Crippen LogP contribution in [0.15, 0.2) is 24.3 Å². The first kappa shape index (κ1) is 14.0. The summed E-state index contributed by atoms with van der Waals surface area (Å²) >= 11 is 0. The first-order valence-corrected chi connectivity index (χ1v) is 5.53. The smallest absolute Gasteiger partial charge is 0.415 e. The highest BCUT2D eigenvalue weighted by molar-refractivity contribution is 5.88. The van der Waals surface area contributed by atoms with Crippen molar-refractivity contribution in [2.24, 2.45) is 0 Å². The lowest BCUT2D eigenvalue weighted by atomic mass is 10.2. The van der Waals surface area contributed by atoms with Crippen LogP contribution in [0.4, 0.5) is 14.9 Å². The van der Waals surface area contributed by atoms with Gasteiger partial charge in [-0.15, -0.1) is 6.42 Å². The number of nitrogens with zero attached hydrogens (tertiary/aromatic N) is 1. The van der Waals surface area contributed by atoms with E-state index in [-0.39, 0.29) is 12.4 Å². The minimum absolute atomic E-state index is 0.0700. The van der Waals surface area contributed by atoms with E-state index in [4.69, 9.17) is 11.2 Å². The molecule has 1 aromatic carbocycles. The van der Waals surface area contributed by atoms with Crippen LogP contribution in [0, 0.1) is 18.2 Å². The van der Waals surface area contributed by atoms with Gasteiger partial charge in [-0.05, 0) is 45.0 Å². The SMILES string of the molecule is C#CCN(C(=O)OC(C)(C)C)c1ccc(F)cc1. The summed E-state index contributed by atoms with van der Waals surface area (Å²) in [5, 5.41) is 0. The first-order valence-electron chi connectivity index (χ1n) is 5.53. The second kappa shape index (κ2) is 5.54. The predicted molar refractivity (Wildman–Crippen MR) is 68.8 cm³/mol. The molecule has 0 aliphatic carbocycles. The Hall–Kier alpha value is -2.02. The summed E-state index contributed by atoms with van der Waals surface area (Å²) in [7, 11) is 0. The molecule has 1 rings (SSSR count). The van der Waals surface area contributed by atoms with E-state index in [1.807, 2.05) is 0 Å².